The van der Waals surface area contributed by atoms with Gasteiger partial charge in [-0.3, -0.25) is 0 Å². The second-order valence-electron chi connectivity index (χ2n) is 4.79. The van der Waals surface area contributed by atoms with Crippen LogP contribution >= 0.6 is 12.2 Å². The molecule has 3 rings (SSSR count). The first kappa shape index (κ1) is 11.0. The minimum absolute atomic E-state index is 0.222. The zero-order valence-corrected chi connectivity index (χ0v) is 10.6. The van der Waals surface area contributed by atoms with Gasteiger partial charge >= 0.3 is 0 Å². The van der Waals surface area contributed by atoms with Gasteiger partial charge in [0, 0.05) is 6.04 Å². The van der Waals surface area contributed by atoms with Crippen LogP contribution in [0.3, 0.4) is 0 Å². The minimum atomic E-state index is -0.222. The monoisotopic (exact) mass is 250 g/mol. The number of benzene rings is 1. The zero-order valence-electron chi connectivity index (χ0n) is 9.74. The molecule has 1 saturated carbocycles. The van der Waals surface area contributed by atoms with Crippen LogP contribution < -0.4 is 0 Å². The number of hydrogen-bond donors (Lipinski definition) is 1. The molecular formula is C13H15FN2S. The topological polar surface area (TPSA) is 20.7 Å². The molecule has 0 spiro atoms. The number of fused-ring (bicyclic) bond motifs is 1. The van der Waals surface area contributed by atoms with Crippen molar-refractivity contribution in [3.05, 3.63) is 28.8 Å². The van der Waals surface area contributed by atoms with E-state index in [9.17, 15) is 4.39 Å². The van der Waals surface area contributed by atoms with E-state index >= 15 is 0 Å². The zero-order chi connectivity index (χ0) is 12.0. The normalized spacial score (nSPS) is 23.2. The molecule has 17 heavy (non-hydrogen) atoms. The van der Waals surface area contributed by atoms with E-state index in [-0.39, 0.29) is 5.82 Å². The van der Waals surface area contributed by atoms with Crippen LogP contribution in [-0.2, 0) is 0 Å². The molecule has 1 aliphatic carbocycles. The summed E-state index contributed by atoms with van der Waals surface area (Å²) in [6.07, 6.45) is 3.60. The van der Waals surface area contributed by atoms with Gasteiger partial charge in [0.1, 0.15) is 11.3 Å². The van der Waals surface area contributed by atoms with E-state index in [1.807, 2.05) is 6.07 Å². The van der Waals surface area contributed by atoms with Gasteiger partial charge in [0.25, 0.3) is 0 Å². The third-order valence-corrected chi connectivity index (χ3v) is 3.88. The van der Waals surface area contributed by atoms with Crippen molar-refractivity contribution in [1.82, 2.24) is 9.55 Å². The molecule has 1 aromatic carbocycles. The number of nitrogens with zero attached hydrogens (tertiary/aromatic N) is 1. The lowest BCUT2D eigenvalue weighted by molar-refractivity contribution is 0.613. The van der Waals surface area contributed by atoms with Crippen molar-refractivity contribution in [2.24, 2.45) is 5.92 Å². The Morgan fingerprint density at radius 2 is 2.35 bits per heavy atom. The molecule has 4 heteroatoms. The van der Waals surface area contributed by atoms with Gasteiger partial charge in [0.05, 0.1) is 5.52 Å². The Kier molecular flexibility index (Phi) is 2.54. The van der Waals surface area contributed by atoms with Gasteiger partial charge in [-0.15, -0.1) is 0 Å². The van der Waals surface area contributed by atoms with Crippen LogP contribution in [0.25, 0.3) is 11.0 Å². The van der Waals surface area contributed by atoms with Gasteiger partial charge in [-0.2, -0.15) is 0 Å². The standard InChI is InChI=1S/C13H15FN2S/c1-2-4-8-7-11(8)16-10-6-3-5-9(14)12(10)15-13(16)17/h3,5-6,8,11H,2,4,7H2,1H3,(H,15,17). The maximum atomic E-state index is 13.6. The summed E-state index contributed by atoms with van der Waals surface area (Å²) in [6.45, 7) is 2.20. The summed E-state index contributed by atoms with van der Waals surface area (Å²) < 4.78 is 16.4. The Bertz CT molecular complexity index is 613. The van der Waals surface area contributed by atoms with Gasteiger partial charge in [-0.1, -0.05) is 19.4 Å². The summed E-state index contributed by atoms with van der Waals surface area (Å²) >= 11 is 5.31. The third-order valence-electron chi connectivity index (χ3n) is 3.58. The average molecular weight is 250 g/mol. The first-order valence-electron chi connectivity index (χ1n) is 6.11. The Hall–Kier alpha value is -1.16. The van der Waals surface area contributed by atoms with E-state index in [1.54, 1.807) is 6.07 Å². The summed E-state index contributed by atoms with van der Waals surface area (Å²) in [4.78, 5) is 2.98. The Morgan fingerprint density at radius 3 is 3.12 bits per heavy atom. The molecule has 0 radical (unpaired) electrons. The SMILES string of the molecule is CCCC1CC1n1c(=S)[nH]c2c(F)cccc21. The smallest absolute Gasteiger partial charge is 0.178 e. The summed E-state index contributed by atoms with van der Waals surface area (Å²) in [5.74, 6) is 0.494. The molecule has 0 bridgehead atoms. The van der Waals surface area contributed by atoms with E-state index in [0.717, 1.165) is 5.52 Å². The molecular weight excluding hydrogens is 235 g/mol. The van der Waals surface area contributed by atoms with Crippen LogP contribution in [0.2, 0.25) is 0 Å². The van der Waals surface area contributed by atoms with Crippen molar-refractivity contribution in [3.63, 3.8) is 0 Å². The van der Waals surface area contributed by atoms with Crippen molar-refractivity contribution < 1.29 is 4.39 Å². The molecule has 2 nitrogen and oxygen atoms in total. The second-order valence-corrected chi connectivity index (χ2v) is 5.17. The summed E-state index contributed by atoms with van der Waals surface area (Å²) in [5, 5.41) is 0. The fourth-order valence-corrected chi connectivity index (χ4v) is 3.01. The fourth-order valence-electron chi connectivity index (χ4n) is 2.67. The average Bonchev–Trinajstić information content (AvgIpc) is 2.94. The minimum Gasteiger partial charge on any atom is -0.328 e. The van der Waals surface area contributed by atoms with Gasteiger partial charge in [0.15, 0.2) is 4.77 Å². The van der Waals surface area contributed by atoms with E-state index in [0.29, 0.717) is 22.2 Å². The van der Waals surface area contributed by atoms with Crippen LogP contribution in [0.1, 0.15) is 32.2 Å². The summed E-state index contributed by atoms with van der Waals surface area (Å²) in [5.41, 5.74) is 1.44. The van der Waals surface area contributed by atoms with Crippen LogP contribution in [0.4, 0.5) is 4.39 Å². The Labute approximate surface area is 104 Å². The number of halogens is 1. The largest absolute Gasteiger partial charge is 0.328 e. The number of imidazole rings is 1. The molecule has 1 fully saturated rings. The number of para-hydroxylation sites is 1. The first-order valence-corrected chi connectivity index (χ1v) is 6.52. The highest BCUT2D eigenvalue weighted by atomic mass is 32.1. The lowest BCUT2D eigenvalue weighted by atomic mass is 10.2. The number of aromatic amines is 1. The van der Waals surface area contributed by atoms with E-state index in [2.05, 4.69) is 16.5 Å². The molecule has 1 aliphatic rings. The van der Waals surface area contributed by atoms with Gasteiger partial charge < -0.3 is 9.55 Å². The Morgan fingerprint density at radius 1 is 1.53 bits per heavy atom. The van der Waals surface area contributed by atoms with Crippen LogP contribution in [-0.4, -0.2) is 9.55 Å². The van der Waals surface area contributed by atoms with Crippen molar-refractivity contribution in [2.45, 2.75) is 32.2 Å². The maximum absolute atomic E-state index is 13.6. The van der Waals surface area contributed by atoms with Crippen LogP contribution in [0.15, 0.2) is 18.2 Å². The quantitative estimate of drug-likeness (QED) is 0.810. The maximum Gasteiger partial charge on any atom is 0.178 e. The van der Waals surface area contributed by atoms with Crippen molar-refractivity contribution in [2.75, 3.05) is 0 Å². The summed E-state index contributed by atoms with van der Waals surface area (Å²) in [7, 11) is 0. The fraction of sp³-hybridized carbons (Fsp3) is 0.462. The molecule has 2 aromatic rings. The molecule has 2 unspecified atom stereocenters. The highest BCUT2D eigenvalue weighted by molar-refractivity contribution is 7.71. The molecule has 0 saturated heterocycles. The Balaban J connectivity index is 2.09. The van der Waals surface area contributed by atoms with Gasteiger partial charge in [-0.25, -0.2) is 4.39 Å². The predicted molar refractivity (Wildman–Crippen MR) is 69.1 cm³/mol. The first-order chi connectivity index (χ1) is 8.22. The molecule has 1 N–H and O–H groups in total. The third kappa shape index (κ3) is 1.71. The molecule has 90 valence electrons. The lowest BCUT2D eigenvalue weighted by Gasteiger charge is -2.03. The number of hydrogen-bond acceptors (Lipinski definition) is 1. The van der Waals surface area contributed by atoms with Gasteiger partial charge in [-0.05, 0) is 43.1 Å². The van der Waals surface area contributed by atoms with E-state index in [1.165, 1.54) is 25.3 Å². The molecule has 0 aliphatic heterocycles. The molecule has 1 heterocycles. The molecule has 0 amide bonds. The summed E-state index contributed by atoms with van der Waals surface area (Å²) in [6, 6.07) is 5.62. The molecule has 1 aromatic heterocycles. The van der Waals surface area contributed by atoms with Crippen LogP contribution in [0, 0.1) is 16.5 Å². The van der Waals surface area contributed by atoms with Gasteiger partial charge in [0.2, 0.25) is 0 Å². The van der Waals surface area contributed by atoms with Crippen molar-refractivity contribution in [1.29, 1.82) is 0 Å². The predicted octanol–water partition coefficient (Wildman–Crippen LogP) is 4.20. The van der Waals surface area contributed by atoms with E-state index in [4.69, 9.17) is 12.2 Å². The number of rotatable bonds is 3. The second kappa shape index (κ2) is 3.95. The number of nitrogens with one attached hydrogen (secondary N) is 1. The van der Waals surface area contributed by atoms with Crippen molar-refractivity contribution >= 4 is 23.3 Å². The molecule has 2 atom stereocenters. The van der Waals surface area contributed by atoms with Crippen LogP contribution in [0.5, 0.6) is 0 Å². The highest BCUT2D eigenvalue weighted by Gasteiger charge is 2.38. The lowest BCUT2D eigenvalue weighted by Crippen LogP contribution is -1.96. The number of H-pyrrole nitrogens is 1. The van der Waals surface area contributed by atoms with E-state index < -0.39 is 0 Å². The number of aromatic nitrogens is 2. The highest BCUT2D eigenvalue weighted by Crippen LogP contribution is 2.47. The van der Waals surface area contributed by atoms with Crippen molar-refractivity contribution in [3.8, 4) is 0 Å².